The van der Waals surface area contributed by atoms with Crippen LogP contribution in [0.25, 0.3) is 0 Å². The molecule has 0 nitrogen and oxygen atoms in total. The van der Waals surface area contributed by atoms with Crippen molar-refractivity contribution in [2.75, 3.05) is 0 Å². The molecule has 2 aromatic carbocycles. The maximum atomic E-state index is 12.8. The molecule has 0 atom stereocenters. The van der Waals surface area contributed by atoms with Gasteiger partial charge in [-0.1, -0.05) is 48.3 Å². The molecule has 0 spiro atoms. The van der Waals surface area contributed by atoms with Crippen LogP contribution in [0.3, 0.4) is 0 Å². The third-order valence-electron chi connectivity index (χ3n) is 2.61. The fraction of sp³-hybridized carbons (Fsp3) is 0.0714. The molecule has 0 unspecified atom stereocenters. The molecular formula is C14H10Cl2F. The molecule has 3 heteroatoms. The van der Waals surface area contributed by atoms with Crippen LogP contribution in [-0.2, 0) is 0 Å². The Balaban J connectivity index is 2.36. The molecule has 0 bridgehead atoms. The van der Waals surface area contributed by atoms with Crippen LogP contribution in [0.15, 0.2) is 42.5 Å². The highest BCUT2D eigenvalue weighted by Crippen LogP contribution is 2.30. The van der Waals surface area contributed by atoms with E-state index in [2.05, 4.69) is 0 Å². The summed E-state index contributed by atoms with van der Waals surface area (Å²) in [4.78, 5) is 0. The standard InChI is InChI=1S/C14H10Cl2F/c1-9(10-2-5-12(17)6-3-10)13-7-4-11(15)8-14(13)16/h2-8H,1H3. The molecule has 0 saturated carbocycles. The van der Waals surface area contributed by atoms with E-state index in [1.54, 1.807) is 24.3 Å². The Morgan fingerprint density at radius 3 is 2.24 bits per heavy atom. The number of halogens is 3. The normalized spacial score (nSPS) is 10.9. The van der Waals surface area contributed by atoms with Gasteiger partial charge in [-0.15, -0.1) is 0 Å². The molecule has 0 aliphatic heterocycles. The van der Waals surface area contributed by atoms with Gasteiger partial charge in [-0.3, -0.25) is 0 Å². The molecule has 0 saturated heterocycles. The zero-order chi connectivity index (χ0) is 12.4. The van der Waals surface area contributed by atoms with Crippen molar-refractivity contribution in [2.45, 2.75) is 6.92 Å². The quantitative estimate of drug-likeness (QED) is 0.708. The van der Waals surface area contributed by atoms with Crippen LogP contribution in [0.1, 0.15) is 18.1 Å². The first-order valence-corrected chi connectivity index (χ1v) is 5.88. The molecule has 0 aromatic heterocycles. The smallest absolute Gasteiger partial charge is 0.123 e. The second-order valence-electron chi connectivity index (χ2n) is 3.76. The molecule has 87 valence electrons. The molecule has 17 heavy (non-hydrogen) atoms. The van der Waals surface area contributed by atoms with E-state index in [0.717, 1.165) is 17.0 Å². The predicted molar refractivity (Wildman–Crippen MR) is 70.0 cm³/mol. The molecule has 0 heterocycles. The summed E-state index contributed by atoms with van der Waals surface area (Å²) in [7, 11) is 0. The molecule has 0 aliphatic carbocycles. The van der Waals surface area contributed by atoms with Crippen LogP contribution in [0, 0.1) is 11.7 Å². The molecule has 0 amide bonds. The lowest BCUT2D eigenvalue weighted by Crippen LogP contribution is -1.98. The van der Waals surface area contributed by atoms with E-state index in [4.69, 9.17) is 23.2 Å². The second kappa shape index (κ2) is 5.07. The zero-order valence-electron chi connectivity index (χ0n) is 9.18. The molecule has 0 fully saturated rings. The SMILES string of the molecule is C[C](c1ccc(F)cc1)c1ccc(Cl)cc1Cl. The van der Waals surface area contributed by atoms with Gasteiger partial charge in [-0.2, -0.15) is 0 Å². The van der Waals surface area contributed by atoms with Crippen molar-refractivity contribution >= 4 is 23.2 Å². The summed E-state index contributed by atoms with van der Waals surface area (Å²) in [5, 5.41) is 1.20. The van der Waals surface area contributed by atoms with Crippen molar-refractivity contribution in [3.8, 4) is 0 Å². The summed E-state index contributed by atoms with van der Waals surface area (Å²) in [6.07, 6.45) is 0. The fourth-order valence-electron chi connectivity index (χ4n) is 1.65. The summed E-state index contributed by atoms with van der Waals surface area (Å²) >= 11 is 12.0. The van der Waals surface area contributed by atoms with Crippen LogP contribution >= 0.6 is 23.2 Å². The van der Waals surface area contributed by atoms with Gasteiger partial charge in [0.1, 0.15) is 5.82 Å². The number of hydrogen-bond acceptors (Lipinski definition) is 0. The molecular weight excluding hydrogens is 258 g/mol. The van der Waals surface area contributed by atoms with Gasteiger partial charge in [-0.05, 0) is 35.4 Å². The topological polar surface area (TPSA) is 0 Å². The number of hydrogen-bond donors (Lipinski definition) is 0. The van der Waals surface area contributed by atoms with E-state index in [1.165, 1.54) is 12.1 Å². The largest absolute Gasteiger partial charge is 0.207 e. The van der Waals surface area contributed by atoms with Crippen LogP contribution in [0.4, 0.5) is 4.39 Å². The fourth-order valence-corrected chi connectivity index (χ4v) is 2.20. The van der Waals surface area contributed by atoms with E-state index in [-0.39, 0.29) is 5.82 Å². The third kappa shape index (κ3) is 2.80. The van der Waals surface area contributed by atoms with Crippen molar-refractivity contribution in [1.29, 1.82) is 0 Å². The summed E-state index contributed by atoms with van der Waals surface area (Å²) in [6, 6.07) is 11.7. The second-order valence-corrected chi connectivity index (χ2v) is 4.60. The Bertz CT molecular complexity index is 520. The molecule has 0 aliphatic rings. The van der Waals surface area contributed by atoms with Gasteiger partial charge in [0.2, 0.25) is 0 Å². The summed E-state index contributed by atoms with van der Waals surface area (Å²) in [5.41, 5.74) is 1.85. The first kappa shape index (κ1) is 12.4. The minimum Gasteiger partial charge on any atom is -0.207 e. The van der Waals surface area contributed by atoms with Crippen molar-refractivity contribution in [3.05, 3.63) is 75.4 Å². The van der Waals surface area contributed by atoms with Crippen molar-refractivity contribution in [2.24, 2.45) is 0 Å². The Morgan fingerprint density at radius 2 is 1.65 bits per heavy atom. The van der Waals surface area contributed by atoms with E-state index in [1.807, 2.05) is 13.0 Å². The third-order valence-corrected chi connectivity index (χ3v) is 3.16. The molecule has 1 radical (unpaired) electrons. The van der Waals surface area contributed by atoms with Gasteiger partial charge in [0.05, 0.1) is 0 Å². The Hall–Kier alpha value is -1.05. The van der Waals surface area contributed by atoms with Gasteiger partial charge in [0.15, 0.2) is 0 Å². The van der Waals surface area contributed by atoms with E-state index >= 15 is 0 Å². The van der Waals surface area contributed by atoms with Gasteiger partial charge in [0.25, 0.3) is 0 Å². The minimum atomic E-state index is -0.247. The van der Waals surface area contributed by atoms with E-state index < -0.39 is 0 Å². The van der Waals surface area contributed by atoms with Gasteiger partial charge in [0, 0.05) is 16.0 Å². The van der Waals surface area contributed by atoms with Gasteiger partial charge < -0.3 is 0 Å². The van der Waals surface area contributed by atoms with Crippen LogP contribution < -0.4 is 0 Å². The van der Waals surface area contributed by atoms with Crippen LogP contribution in [0.5, 0.6) is 0 Å². The summed E-state index contributed by atoms with van der Waals surface area (Å²) in [6.45, 7) is 1.95. The first-order chi connectivity index (χ1) is 8.08. The van der Waals surface area contributed by atoms with Crippen molar-refractivity contribution in [3.63, 3.8) is 0 Å². The van der Waals surface area contributed by atoms with Crippen molar-refractivity contribution < 1.29 is 4.39 Å². The van der Waals surface area contributed by atoms with Gasteiger partial charge >= 0.3 is 0 Å². The molecule has 2 rings (SSSR count). The minimum absolute atomic E-state index is 0.247. The summed E-state index contributed by atoms with van der Waals surface area (Å²) in [5.74, 6) is 0.746. The Kier molecular flexibility index (Phi) is 3.70. The number of benzene rings is 2. The lowest BCUT2D eigenvalue weighted by atomic mass is 9.93. The average molecular weight is 268 g/mol. The van der Waals surface area contributed by atoms with Crippen LogP contribution in [-0.4, -0.2) is 0 Å². The summed E-state index contributed by atoms with van der Waals surface area (Å²) < 4.78 is 12.8. The van der Waals surface area contributed by atoms with Crippen molar-refractivity contribution in [1.82, 2.24) is 0 Å². The highest BCUT2D eigenvalue weighted by Gasteiger charge is 2.13. The zero-order valence-corrected chi connectivity index (χ0v) is 10.7. The molecule has 2 aromatic rings. The Morgan fingerprint density at radius 1 is 1.00 bits per heavy atom. The van der Waals surface area contributed by atoms with Gasteiger partial charge in [-0.25, -0.2) is 4.39 Å². The lowest BCUT2D eigenvalue weighted by molar-refractivity contribution is 0.627. The highest BCUT2D eigenvalue weighted by atomic mass is 35.5. The van der Waals surface area contributed by atoms with E-state index in [9.17, 15) is 4.39 Å². The monoisotopic (exact) mass is 267 g/mol. The maximum Gasteiger partial charge on any atom is 0.123 e. The highest BCUT2D eigenvalue weighted by molar-refractivity contribution is 6.35. The lowest BCUT2D eigenvalue weighted by Gasteiger charge is -2.13. The Labute approximate surface area is 110 Å². The predicted octanol–water partition coefficient (Wildman–Crippen LogP) is 5.12. The molecule has 0 N–H and O–H groups in total. The van der Waals surface area contributed by atoms with Crippen LogP contribution in [0.2, 0.25) is 10.0 Å². The first-order valence-electron chi connectivity index (χ1n) is 5.13. The van der Waals surface area contributed by atoms with E-state index in [0.29, 0.717) is 10.0 Å². The number of rotatable bonds is 2. The average Bonchev–Trinajstić information content (AvgIpc) is 2.29. The maximum absolute atomic E-state index is 12.8.